The summed E-state index contributed by atoms with van der Waals surface area (Å²) in [5.74, 6) is 1.82. The molecule has 0 saturated carbocycles. The molecule has 0 saturated heterocycles. The molecule has 0 radical (unpaired) electrons. The van der Waals surface area contributed by atoms with E-state index in [1.165, 1.54) is 35.1 Å². The van der Waals surface area contributed by atoms with Gasteiger partial charge in [0.25, 0.3) is 0 Å². The Kier molecular flexibility index (Phi) is 5.49. The minimum atomic E-state index is 0.774. The molecule has 3 rings (SSSR count). The molecular weight excluding hydrogens is 304 g/mol. The van der Waals surface area contributed by atoms with Gasteiger partial charge in [-0.2, -0.15) is 0 Å². The first-order chi connectivity index (χ1) is 11.2. The van der Waals surface area contributed by atoms with Gasteiger partial charge in [-0.3, -0.25) is 0 Å². The van der Waals surface area contributed by atoms with E-state index in [0.29, 0.717) is 0 Å². The van der Waals surface area contributed by atoms with Gasteiger partial charge in [-0.05, 0) is 56.8 Å². The highest BCUT2D eigenvalue weighted by Gasteiger charge is 2.22. The lowest BCUT2D eigenvalue weighted by molar-refractivity contribution is 0.303. The van der Waals surface area contributed by atoms with Crippen molar-refractivity contribution >= 4 is 27.4 Å². The van der Waals surface area contributed by atoms with Crippen LogP contribution in [0.5, 0.6) is 0 Å². The van der Waals surface area contributed by atoms with Crippen molar-refractivity contribution in [2.75, 3.05) is 31.5 Å². The van der Waals surface area contributed by atoms with Crippen molar-refractivity contribution in [1.82, 2.24) is 14.9 Å². The van der Waals surface area contributed by atoms with Crippen molar-refractivity contribution in [1.29, 1.82) is 0 Å². The van der Waals surface area contributed by atoms with Crippen LogP contribution in [0.1, 0.15) is 44.1 Å². The fraction of sp³-hybridized carbons (Fsp3) is 0.667. The average molecular weight is 333 g/mol. The van der Waals surface area contributed by atoms with Gasteiger partial charge in [0.2, 0.25) is 0 Å². The highest BCUT2D eigenvalue weighted by Crippen LogP contribution is 2.39. The van der Waals surface area contributed by atoms with E-state index in [1.807, 2.05) is 11.3 Å². The van der Waals surface area contributed by atoms with Crippen LogP contribution in [0.2, 0.25) is 0 Å². The molecule has 2 aromatic heterocycles. The Bertz CT molecular complexity index is 648. The summed E-state index contributed by atoms with van der Waals surface area (Å²) in [7, 11) is 0. The first-order valence-corrected chi connectivity index (χ1v) is 9.76. The smallest absolute Gasteiger partial charge is 0.138 e. The molecule has 2 heterocycles. The van der Waals surface area contributed by atoms with E-state index in [0.717, 1.165) is 49.2 Å². The summed E-state index contributed by atoms with van der Waals surface area (Å²) in [5.41, 5.74) is 1.51. The molecule has 1 atom stereocenters. The molecule has 1 N–H and O–H groups in total. The normalized spacial score (nSPS) is 17.7. The standard InChI is InChI=1S/C18H28N4S/c1-4-22(5-2)10-6-9-19-17-16-14-11-13(3)7-8-15(14)23-18(16)21-12-20-17/h12-13H,4-11H2,1-3H3,(H,19,20,21). The zero-order valence-corrected chi connectivity index (χ0v) is 15.4. The maximum atomic E-state index is 4.54. The second-order valence-electron chi connectivity index (χ2n) is 6.56. The number of nitrogens with one attached hydrogen (secondary N) is 1. The predicted octanol–water partition coefficient (Wildman–Crippen LogP) is 3.96. The van der Waals surface area contributed by atoms with E-state index in [4.69, 9.17) is 0 Å². The molecule has 1 unspecified atom stereocenters. The molecule has 0 aliphatic heterocycles. The third kappa shape index (κ3) is 3.66. The number of thiophene rings is 1. The van der Waals surface area contributed by atoms with Gasteiger partial charge in [-0.25, -0.2) is 9.97 Å². The first-order valence-electron chi connectivity index (χ1n) is 8.94. The maximum Gasteiger partial charge on any atom is 0.138 e. The van der Waals surface area contributed by atoms with Crippen LogP contribution in [0, 0.1) is 5.92 Å². The number of anilines is 1. The molecular formula is C18H28N4S. The van der Waals surface area contributed by atoms with E-state index in [1.54, 1.807) is 6.33 Å². The fourth-order valence-electron chi connectivity index (χ4n) is 3.47. The van der Waals surface area contributed by atoms with E-state index >= 15 is 0 Å². The monoisotopic (exact) mass is 332 g/mol. The predicted molar refractivity (Wildman–Crippen MR) is 99.5 cm³/mol. The molecule has 0 aromatic carbocycles. The number of nitrogens with zero attached hydrogens (tertiary/aromatic N) is 3. The summed E-state index contributed by atoms with van der Waals surface area (Å²) in [6.07, 6.45) is 6.55. The zero-order chi connectivity index (χ0) is 16.2. The molecule has 0 spiro atoms. The van der Waals surface area contributed by atoms with Crippen LogP contribution in [-0.4, -0.2) is 41.0 Å². The molecule has 126 valence electrons. The number of hydrogen-bond donors (Lipinski definition) is 1. The molecule has 2 aromatic rings. The first kappa shape index (κ1) is 16.7. The largest absolute Gasteiger partial charge is 0.369 e. The van der Waals surface area contributed by atoms with E-state index in [-0.39, 0.29) is 0 Å². The molecule has 0 amide bonds. The van der Waals surface area contributed by atoms with Crippen LogP contribution in [0.3, 0.4) is 0 Å². The molecule has 0 fully saturated rings. The van der Waals surface area contributed by atoms with Crippen molar-refractivity contribution in [2.45, 2.75) is 46.5 Å². The van der Waals surface area contributed by atoms with Crippen LogP contribution in [-0.2, 0) is 12.8 Å². The zero-order valence-electron chi connectivity index (χ0n) is 14.6. The Morgan fingerprint density at radius 1 is 1.30 bits per heavy atom. The van der Waals surface area contributed by atoms with Gasteiger partial charge in [-0.15, -0.1) is 11.3 Å². The number of hydrogen-bond acceptors (Lipinski definition) is 5. The lowest BCUT2D eigenvalue weighted by Crippen LogP contribution is -2.25. The van der Waals surface area contributed by atoms with Gasteiger partial charge in [0, 0.05) is 11.4 Å². The maximum absolute atomic E-state index is 4.54. The molecule has 1 aliphatic rings. The van der Waals surface area contributed by atoms with Crippen molar-refractivity contribution in [3.8, 4) is 0 Å². The fourth-order valence-corrected chi connectivity index (χ4v) is 4.65. The summed E-state index contributed by atoms with van der Waals surface area (Å²) in [4.78, 5) is 14.2. The SMILES string of the molecule is CCN(CC)CCCNc1ncnc2sc3c(c12)CC(C)CC3. The second kappa shape index (κ2) is 7.58. The Morgan fingerprint density at radius 3 is 2.91 bits per heavy atom. The van der Waals surface area contributed by atoms with Crippen molar-refractivity contribution < 1.29 is 0 Å². The topological polar surface area (TPSA) is 41.0 Å². The average Bonchev–Trinajstić information content (AvgIpc) is 2.93. The molecule has 4 nitrogen and oxygen atoms in total. The van der Waals surface area contributed by atoms with E-state index in [2.05, 4.69) is 41.0 Å². The number of aromatic nitrogens is 2. The van der Waals surface area contributed by atoms with Gasteiger partial charge in [0.15, 0.2) is 0 Å². The summed E-state index contributed by atoms with van der Waals surface area (Å²) in [5, 5.41) is 4.86. The van der Waals surface area contributed by atoms with Gasteiger partial charge in [0.1, 0.15) is 17.0 Å². The Labute approximate surface area is 143 Å². The summed E-state index contributed by atoms with van der Waals surface area (Å²) >= 11 is 1.87. The summed E-state index contributed by atoms with van der Waals surface area (Å²) < 4.78 is 0. The van der Waals surface area contributed by atoms with Crippen molar-refractivity contribution in [3.63, 3.8) is 0 Å². The van der Waals surface area contributed by atoms with Crippen LogP contribution in [0.4, 0.5) is 5.82 Å². The van der Waals surface area contributed by atoms with E-state index in [9.17, 15) is 0 Å². The van der Waals surface area contributed by atoms with Crippen LogP contribution < -0.4 is 5.32 Å². The molecule has 5 heteroatoms. The minimum absolute atomic E-state index is 0.774. The molecule has 23 heavy (non-hydrogen) atoms. The van der Waals surface area contributed by atoms with Gasteiger partial charge < -0.3 is 10.2 Å². The van der Waals surface area contributed by atoms with Gasteiger partial charge in [-0.1, -0.05) is 20.8 Å². The Balaban J connectivity index is 1.72. The lowest BCUT2D eigenvalue weighted by atomic mass is 9.88. The Morgan fingerprint density at radius 2 is 2.13 bits per heavy atom. The highest BCUT2D eigenvalue weighted by atomic mass is 32.1. The van der Waals surface area contributed by atoms with Crippen LogP contribution in [0.15, 0.2) is 6.33 Å². The summed E-state index contributed by atoms with van der Waals surface area (Å²) in [6.45, 7) is 11.2. The van der Waals surface area contributed by atoms with Crippen LogP contribution >= 0.6 is 11.3 Å². The summed E-state index contributed by atoms with van der Waals surface area (Å²) in [6, 6.07) is 0. The molecule has 1 aliphatic carbocycles. The highest BCUT2D eigenvalue weighted by molar-refractivity contribution is 7.19. The third-order valence-electron chi connectivity index (χ3n) is 4.93. The number of rotatable bonds is 7. The molecule has 0 bridgehead atoms. The third-order valence-corrected chi connectivity index (χ3v) is 6.13. The van der Waals surface area contributed by atoms with Crippen LogP contribution in [0.25, 0.3) is 10.2 Å². The quantitative estimate of drug-likeness (QED) is 0.779. The van der Waals surface area contributed by atoms with Gasteiger partial charge in [0.05, 0.1) is 5.39 Å². The number of fused-ring (bicyclic) bond motifs is 3. The Hall–Kier alpha value is -1.20. The second-order valence-corrected chi connectivity index (χ2v) is 7.65. The minimum Gasteiger partial charge on any atom is -0.369 e. The van der Waals surface area contributed by atoms with E-state index < -0.39 is 0 Å². The van der Waals surface area contributed by atoms with Crippen molar-refractivity contribution in [3.05, 3.63) is 16.8 Å². The van der Waals surface area contributed by atoms with Gasteiger partial charge >= 0.3 is 0 Å². The lowest BCUT2D eigenvalue weighted by Gasteiger charge is -2.19. The number of aryl methyl sites for hydroxylation is 1. The van der Waals surface area contributed by atoms with Crippen molar-refractivity contribution in [2.24, 2.45) is 5.92 Å².